The summed E-state index contributed by atoms with van der Waals surface area (Å²) < 4.78 is 33.2. The molecular weight excluding hydrogens is 688 g/mol. The molecule has 0 bridgehead atoms. The standard InChI is InChI=1S/C42H36N4O8/c1-50-33-25-15-14-24-32(33)42(30-20-10-4-11-21-30,31-22-12-5-13-23-31)51-26-34-35(53-40(48)28-16-6-2-7-17-28)36(54-41(49)29-18-8-3-9-19-29)39(52-34)46-27-44-38(45-46)37(43)47/h2-25,27,34-36,39H,26H2,1H3,(H2,43,47)/t34-,35-,36-,39-/m1/s1. The molecule has 6 aromatic rings. The number of esters is 2. The van der Waals surface area contributed by atoms with E-state index in [1.165, 1.54) is 11.0 Å². The highest BCUT2D eigenvalue weighted by molar-refractivity contribution is 5.90. The first-order chi connectivity index (χ1) is 26.4. The molecule has 7 rings (SSSR count). The second kappa shape index (κ2) is 15.9. The number of carbonyl (C=O) groups excluding carboxylic acids is 3. The highest BCUT2D eigenvalue weighted by Crippen LogP contribution is 2.45. The molecule has 0 radical (unpaired) electrons. The van der Waals surface area contributed by atoms with Gasteiger partial charge in [0.1, 0.15) is 23.8 Å². The van der Waals surface area contributed by atoms with E-state index in [9.17, 15) is 14.4 Å². The minimum atomic E-state index is -1.30. The van der Waals surface area contributed by atoms with Crippen molar-refractivity contribution in [2.75, 3.05) is 13.7 Å². The molecule has 2 heterocycles. The predicted octanol–water partition coefficient (Wildman–Crippen LogP) is 5.74. The van der Waals surface area contributed by atoms with Crippen LogP contribution < -0.4 is 10.5 Å². The predicted molar refractivity (Wildman–Crippen MR) is 195 cm³/mol. The van der Waals surface area contributed by atoms with E-state index in [-0.39, 0.29) is 23.6 Å². The number of para-hydroxylation sites is 1. The number of primary amides is 1. The van der Waals surface area contributed by atoms with E-state index >= 15 is 0 Å². The summed E-state index contributed by atoms with van der Waals surface area (Å²) in [4.78, 5) is 43.5. The van der Waals surface area contributed by atoms with Crippen LogP contribution in [0.3, 0.4) is 0 Å². The topological polar surface area (TPSA) is 154 Å². The summed E-state index contributed by atoms with van der Waals surface area (Å²) in [6.07, 6.45) is -3.61. The molecule has 5 aromatic carbocycles. The van der Waals surface area contributed by atoms with Crippen LogP contribution in [-0.2, 0) is 24.5 Å². The molecule has 4 atom stereocenters. The molecule has 0 aliphatic carbocycles. The number of hydrogen-bond acceptors (Lipinski definition) is 10. The van der Waals surface area contributed by atoms with E-state index in [2.05, 4.69) is 10.1 Å². The Morgan fingerprint density at radius 1 is 0.704 bits per heavy atom. The van der Waals surface area contributed by atoms with E-state index in [1.807, 2.05) is 84.9 Å². The second-order valence-electron chi connectivity index (χ2n) is 12.4. The molecule has 54 heavy (non-hydrogen) atoms. The molecule has 0 saturated carbocycles. The zero-order valence-electron chi connectivity index (χ0n) is 29.1. The van der Waals surface area contributed by atoms with Gasteiger partial charge in [-0.3, -0.25) is 4.79 Å². The van der Waals surface area contributed by atoms with Crippen LogP contribution in [0.25, 0.3) is 0 Å². The molecule has 1 aromatic heterocycles. The van der Waals surface area contributed by atoms with Gasteiger partial charge in [-0.2, -0.15) is 0 Å². The number of ether oxygens (including phenoxy) is 5. The molecule has 2 N–H and O–H groups in total. The quantitative estimate of drug-likeness (QED) is 0.115. The summed E-state index contributed by atoms with van der Waals surface area (Å²) in [5.41, 5.74) is 6.98. The molecule has 1 amide bonds. The van der Waals surface area contributed by atoms with E-state index in [1.54, 1.807) is 67.8 Å². The summed E-state index contributed by atoms with van der Waals surface area (Å²) >= 11 is 0. The first-order valence-electron chi connectivity index (χ1n) is 17.2. The van der Waals surface area contributed by atoms with Crippen molar-refractivity contribution in [3.05, 3.63) is 186 Å². The number of amides is 1. The lowest BCUT2D eigenvalue weighted by Gasteiger charge is -2.37. The molecule has 1 aliphatic heterocycles. The number of aromatic nitrogens is 3. The number of methoxy groups -OCH3 is 1. The Morgan fingerprint density at radius 2 is 1.20 bits per heavy atom. The molecular formula is C42H36N4O8. The Labute approximate surface area is 311 Å². The number of nitrogens with two attached hydrogens (primary N) is 1. The second-order valence-corrected chi connectivity index (χ2v) is 12.4. The summed E-state index contributed by atoms with van der Waals surface area (Å²) in [7, 11) is 1.59. The highest BCUT2D eigenvalue weighted by atomic mass is 16.7. The Balaban J connectivity index is 1.34. The van der Waals surface area contributed by atoms with Crippen molar-refractivity contribution in [1.82, 2.24) is 14.8 Å². The third-order valence-electron chi connectivity index (χ3n) is 9.09. The number of rotatable bonds is 13. The van der Waals surface area contributed by atoms with Crippen LogP contribution >= 0.6 is 0 Å². The Morgan fingerprint density at radius 3 is 1.72 bits per heavy atom. The fourth-order valence-electron chi connectivity index (χ4n) is 6.58. The summed E-state index contributed by atoms with van der Waals surface area (Å²) in [6.45, 7) is -0.207. The zero-order valence-corrected chi connectivity index (χ0v) is 29.1. The van der Waals surface area contributed by atoms with Crippen molar-refractivity contribution >= 4 is 17.8 Å². The minimum Gasteiger partial charge on any atom is -0.496 e. The van der Waals surface area contributed by atoms with Gasteiger partial charge in [-0.1, -0.05) is 115 Å². The molecule has 1 fully saturated rings. The molecule has 272 valence electrons. The first kappa shape index (κ1) is 35.8. The molecule has 1 saturated heterocycles. The fourth-order valence-corrected chi connectivity index (χ4v) is 6.58. The Bertz CT molecular complexity index is 2160. The van der Waals surface area contributed by atoms with Gasteiger partial charge in [-0.15, -0.1) is 5.10 Å². The molecule has 0 spiro atoms. The number of nitrogens with zero attached hydrogens (tertiary/aromatic N) is 3. The van der Waals surface area contributed by atoms with Crippen LogP contribution in [0.15, 0.2) is 152 Å². The first-order valence-corrected chi connectivity index (χ1v) is 17.2. The smallest absolute Gasteiger partial charge is 0.338 e. The largest absolute Gasteiger partial charge is 0.496 e. The van der Waals surface area contributed by atoms with Crippen molar-refractivity contribution in [2.24, 2.45) is 5.73 Å². The third-order valence-corrected chi connectivity index (χ3v) is 9.09. The minimum absolute atomic E-state index is 0.207. The SMILES string of the molecule is COc1ccccc1C(OC[C@H]1O[C@@H](n2cnc(C(N)=O)n2)[C@H](OC(=O)c2ccccc2)[C@@H]1OC(=O)c1ccccc1)(c1ccccc1)c1ccccc1. The summed E-state index contributed by atoms with van der Waals surface area (Å²) in [5, 5.41) is 4.22. The van der Waals surface area contributed by atoms with Crippen LogP contribution in [0.5, 0.6) is 5.75 Å². The third kappa shape index (κ3) is 7.20. The maximum atomic E-state index is 13.8. The van der Waals surface area contributed by atoms with Gasteiger partial charge in [-0.25, -0.2) is 19.3 Å². The molecule has 0 unspecified atom stereocenters. The van der Waals surface area contributed by atoms with Gasteiger partial charge in [0.15, 0.2) is 18.4 Å². The molecule has 12 heteroatoms. The normalized spacial score (nSPS) is 18.1. The van der Waals surface area contributed by atoms with Crippen LogP contribution in [0.4, 0.5) is 0 Å². The lowest BCUT2D eigenvalue weighted by Crippen LogP contribution is -2.43. The average Bonchev–Trinajstić information content (AvgIpc) is 3.85. The van der Waals surface area contributed by atoms with Gasteiger partial charge in [0.2, 0.25) is 5.82 Å². The average molecular weight is 725 g/mol. The van der Waals surface area contributed by atoms with Crippen LogP contribution in [0, 0.1) is 0 Å². The van der Waals surface area contributed by atoms with Crippen molar-refractivity contribution in [2.45, 2.75) is 30.1 Å². The fraction of sp³-hybridized carbons (Fsp3) is 0.167. The van der Waals surface area contributed by atoms with Gasteiger partial charge in [0.25, 0.3) is 5.91 Å². The Kier molecular flexibility index (Phi) is 10.6. The maximum Gasteiger partial charge on any atom is 0.338 e. The lowest BCUT2D eigenvalue weighted by molar-refractivity contribution is -0.0996. The monoisotopic (exact) mass is 724 g/mol. The van der Waals surface area contributed by atoms with Gasteiger partial charge < -0.3 is 29.4 Å². The van der Waals surface area contributed by atoms with Crippen molar-refractivity contribution in [3.63, 3.8) is 0 Å². The number of carbonyl (C=O) groups is 3. The van der Waals surface area contributed by atoms with Crippen LogP contribution in [0.1, 0.15) is 54.3 Å². The van der Waals surface area contributed by atoms with Crippen LogP contribution in [-0.4, -0.2) is 64.6 Å². The van der Waals surface area contributed by atoms with E-state index < -0.39 is 48.0 Å². The Hall–Kier alpha value is -6.63. The van der Waals surface area contributed by atoms with Gasteiger partial charge in [0, 0.05) is 5.56 Å². The highest BCUT2D eigenvalue weighted by Gasteiger charge is 2.53. The van der Waals surface area contributed by atoms with Crippen molar-refractivity contribution < 1.29 is 38.1 Å². The van der Waals surface area contributed by atoms with Gasteiger partial charge in [0.05, 0.1) is 24.8 Å². The maximum absolute atomic E-state index is 13.8. The van der Waals surface area contributed by atoms with E-state index in [0.29, 0.717) is 11.3 Å². The summed E-state index contributed by atoms with van der Waals surface area (Å²) in [6, 6.07) is 43.6. The molecule has 12 nitrogen and oxygen atoms in total. The van der Waals surface area contributed by atoms with Crippen molar-refractivity contribution in [1.29, 1.82) is 0 Å². The van der Waals surface area contributed by atoms with Gasteiger partial charge >= 0.3 is 11.9 Å². The zero-order chi connectivity index (χ0) is 37.5. The summed E-state index contributed by atoms with van der Waals surface area (Å²) in [5.74, 6) is -1.98. The van der Waals surface area contributed by atoms with Gasteiger partial charge in [-0.05, 0) is 41.5 Å². The number of hydrogen-bond donors (Lipinski definition) is 1. The van der Waals surface area contributed by atoms with E-state index in [4.69, 9.17) is 29.4 Å². The number of benzene rings is 5. The molecule has 1 aliphatic rings. The van der Waals surface area contributed by atoms with E-state index in [0.717, 1.165) is 11.1 Å². The van der Waals surface area contributed by atoms with Crippen LogP contribution in [0.2, 0.25) is 0 Å². The van der Waals surface area contributed by atoms with Crippen molar-refractivity contribution in [3.8, 4) is 5.75 Å². The lowest BCUT2D eigenvalue weighted by atomic mass is 9.79.